The molecule has 1 N–H and O–H groups in total. The number of nitrogens with one attached hydrogen (secondary N) is 1. The first-order valence-electron chi connectivity index (χ1n) is 8.57. The van der Waals surface area contributed by atoms with E-state index >= 15 is 0 Å². The van der Waals surface area contributed by atoms with E-state index < -0.39 is 24.9 Å². The van der Waals surface area contributed by atoms with Crippen LogP contribution in [-0.4, -0.2) is 34.0 Å². The topological polar surface area (TPSA) is 120 Å². The summed E-state index contributed by atoms with van der Waals surface area (Å²) in [6.07, 6.45) is 0. The van der Waals surface area contributed by atoms with Gasteiger partial charge in [0.15, 0.2) is 6.61 Å². The van der Waals surface area contributed by atoms with Gasteiger partial charge in [0, 0.05) is 17.4 Å². The van der Waals surface area contributed by atoms with Gasteiger partial charge < -0.3 is 14.5 Å². The van der Waals surface area contributed by atoms with E-state index in [-0.39, 0.29) is 17.6 Å². The fraction of sp³-hybridized carbons (Fsp3) is 0.211. The summed E-state index contributed by atoms with van der Waals surface area (Å²) in [6, 6.07) is 12.1. The molecule has 0 fully saturated rings. The van der Waals surface area contributed by atoms with Crippen LogP contribution in [-0.2, 0) is 27.4 Å². The molecule has 0 saturated carbocycles. The van der Waals surface area contributed by atoms with Crippen LogP contribution in [0.2, 0.25) is 0 Å². The van der Waals surface area contributed by atoms with Crippen molar-refractivity contribution in [3.05, 3.63) is 62.8 Å². The van der Waals surface area contributed by atoms with Crippen LogP contribution in [0.15, 0.2) is 51.7 Å². The normalized spacial score (nSPS) is 10.5. The van der Waals surface area contributed by atoms with Gasteiger partial charge in [-0.2, -0.15) is 4.68 Å². The number of carbonyl (C=O) groups is 3. The minimum absolute atomic E-state index is 0.0877. The first-order valence-corrected chi connectivity index (χ1v) is 9.39. The highest BCUT2D eigenvalue weighted by atomic mass is 32.1. The Bertz CT molecular complexity index is 1080. The summed E-state index contributed by atoms with van der Waals surface area (Å²) >= 11 is 1.20. The minimum atomic E-state index is -0.798. The Balaban J connectivity index is 1.54. The number of esters is 1. The lowest BCUT2D eigenvalue weighted by atomic mass is 10.2. The van der Waals surface area contributed by atoms with Gasteiger partial charge in [-0.05, 0) is 24.3 Å². The molecule has 0 aliphatic carbocycles. The van der Waals surface area contributed by atoms with Crippen LogP contribution in [0.3, 0.4) is 0 Å². The number of benzene rings is 1. The number of carbonyl (C=O) groups excluding carboxylic acids is 3. The fourth-order valence-corrected chi connectivity index (χ4v) is 3.19. The maximum Gasteiger partial charge on any atom is 0.437 e. The number of hydrogen-bond donors (Lipinski definition) is 1. The van der Waals surface area contributed by atoms with E-state index in [9.17, 15) is 19.2 Å². The van der Waals surface area contributed by atoms with Crippen molar-refractivity contribution in [3.63, 3.8) is 0 Å². The van der Waals surface area contributed by atoms with E-state index in [0.717, 1.165) is 9.56 Å². The molecule has 29 heavy (non-hydrogen) atoms. The highest BCUT2D eigenvalue weighted by Crippen LogP contribution is 2.17. The molecular weight excluding hydrogens is 398 g/mol. The van der Waals surface area contributed by atoms with Crippen LogP contribution < -0.4 is 11.1 Å². The molecule has 3 rings (SSSR count). The molecule has 0 aliphatic rings. The second-order valence-electron chi connectivity index (χ2n) is 5.96. The van der Waals surface area contributed by atoms with Crippen molar-refractivity contribution in [1.29, 1.82) is 0 Å². The Hall–Kier alpha value is -3.53. The summed E-state index contributed by atoms with van der Waals surface area (Å²) in [5.74, 6) is -2.05. The molecule has 0 unspecified atom stereocenters. The first-order chi connectivity index (χ1) is 13.9. The number of Topliss-reactive ketones (excluding diaryl/α,β-unsaturated/α-hetero) is 1. The van der Waals surface area contributed by atoms with Crippen molar-refractivity contribution in [2.75, 3.05) is 6.61 Å². The zero-order valence-electron chi connectivity index (χ0n) is 15.4. The molecule has 2 aromatic heterocycles. The number of ether oxygens (including phenoxy) is 1. The highest BCUT2D eigenvalue weighted by molar-refractivity contribution is 7.14. The molecule has 0 saturated heterocycles. The van der Waals surface area contributed by atoms with Crippen molar-refractivity contribution >= 4 is 29.0 Å². The monoisotopic (exact) mass is 415 g/mol. The van der Waals surface area contributed by atoms with E-state index in [0.29, 0.717) is 17.0 Å². The Morgan fingerprint density at radius 2 is 1.93 bits per heavy atom. The van der Waals surface area contributed by atoms with Gasteiger partial charge in [-0.1, -0.05) is 18.2 Å². The third-order valence-corrected chi connectivity index (χ3v) is 4.84. The molecule has 0 aliphatic heterocycles. The van der Waals surface area contributed by atoms with Crippen molar-refractivity contribution in [1.82, 2.24) is 15.1 Å². The Morgan fingerprint density at radius 1 is 1.17 bits per heavy atom. The highest BCUT2D eigenvalue weighted by Gasteiger charge is 2.16. The first kappa shape index (κ1) is 20.2. The summed E-state index contributed by atoms with van der Waals surface area (Å²) in [7, 11) is 0. The standard InChI is InChI=1S/C19H17N3O6S/c1-12(23)20-9-14-7-8-16(29-14)15(24)11-27-17(25)10-22-19(26)28-18(21-22)13-5-3-2-4-6-13/h2-8H,9-11H2,1H3,(H,20,23). The average molecular weight is 415 g/mol. The van der Waals surface area contributed by atoms with E-state index in [4.69, 9.17) is 9.15 Å². The molecule has 0 radical (unpaired) electrons. The van der Waals surface area contributed by atoms with Gasteiger partial charge >= 0.3 is 11.7 Å². The SMILES string of the molecule is CC(=O)NCc1ccc(C(=O)COC(=O)Cn2nc(-c3ccccc3)oc2=O)s1. The van der Waals surface area contributed by atoms with E-state index in [2.05, 4.69) is 10.4 Å². The molecule has 10 heteroatoms. The lowest BCUT2D eigenvalue weighted by Gasteiger charge is -2.02. The van der Waals surface area contributed by atoms with Crippen LogP contribution in [0.1, 0.15) is 21.5 Å². The molecule has 0 spiro atoms. The smallest absolute Gasteiger partial charge is 0.437 e. The number of nitrogens with zero attached hydrogens (tertiary/aromatic N) is 2. The average Bonchev–Trinajstić information content (AvgIpc) is 3.32. The minimum Gasteiger partial charge on any atom is -0.456 e. The van der Waals surface area contributed by atoms with Gasteiger partial charge in [-0.25, -0.2) is 4.79 Å². The molecule has 0 bridgehead atoms. The fourth-order valence-electron chi connectivity index (χ4n) is 2.32. The zero-order chi connectivity index (χ0) is 20.8. The zero-order valence-corrected chi connectivity index (χ0v) is 16.2. The molecule has 1 amide bonds. The maximum absolute atomic E-state index is 12.2. The number of rotatable bonds is 8. The van der Waals surface area contributed by atoms with E-state index in [1.54, 1.807) is 36.4 Å². The van der Waals surface area contributed by atoms with Crippen LogP contribution in [0.4, 0.5) is 0 Å². The lowest BCUT2D eigenvalue weighted by Crippen LogP contribution is -2.24. The largest absolute Gasteiger partial charge is 0.456 e. The van der Waals surface area contributed by atoms with Crippen LogP contribution >= 0.6 is 11.3 Å². The summed E-state index contributed by atoms with van der Waals surface area (Å²) in [5.41, 5.74) is 0.597. The third-order valence-electron chi connectivity index (χ3n) is 3.72. The Morgan fingerprint density at radius 3 is 2.66 bits per heavy atom. The number of aromatic nitrogens is 2. The van der Waals surface area contributed by atoms with Gasteiger partial charge in [-0.15, -0.1) is 16.4 Å². The van der Waals surface area contributed by atoms with Crippen molar-refractivity contribution in [2.45, 2.75) is 20.0 Å². The van der Waals surface area contributed by atoms with Gasteiger partial charge in [0.25, 0.3) is 0 Å². The lowest BCUT2D eigenvalue weighted by molar-refractivity contribution is -0.143. The van der Waals surface area contributed by atoms with Crippen molar-refractivity contribution < 1.29 is 23.5 Å². The predicted molar refractivity (Wildman–Crippen MR) is 103 cm³/mol. The molecule has 150 valence electrons. The van der Waals surface area contributed by atoms with Gasteiger partial charge in [0.1, 0.15) is 6.54 Å². The van der Waals surface area contributed by atoms with Crippen LogP contribution in [0.5, 0.6) is 0 Å². The molecule has 0 atom stereocenters. The van der Waals surface area contributed by atoms with Crippen molar-refractivity contribution in [3.8, 4) is 11.5 Å². The summed E-state index contributed by atoms with van der Waals surface area (Å²) in [4.78, 5) is 48.1. The van der Waals surface area contributed by atoms with E-state index in [1.165, 1.54) is 18.3 Å². The van der Waals surface area contributed by atoms with Gasteiger partial charge in [0.05, 0.1) is 11.4 Å². The van der Waals surface area contributed by atoms with Gasteiger partial charge in [-0.3, -0.25) is 14.4 Å². The summed E-state index contributed by atoms with van der Waals surface area (Å²) in [5, 5.41) is 6.60. The molecule has 2 heterocycles. The molecular formula is C19H17N3O6S. The Kier molecular flexibility index (Phi) is 6.35. The number of thiophene rings is 1. The quantitative estimate of drug-likeness (QED) is 0.438. The predicted octanol–water partition coefficient (Wildman–Crippen LogP) is 1.63. The number of ketones is 1. The second-order valence-corrected chi connectivity index (χ2v) is 7.12. The molecule has 3 aromatic rings. The Labute approximate surface area is 168 Å². The maximum atomic E-state index is 12.2. The second kappa shape index (κ2) is 9.11. The molecule has 9 nitrogen and oxygen atoms in total. The summed E-state index contributed by atoms with van der Waals surface area (Å²) in [6.45, 7) is 0.797. The van der Waals surface area contributed by atoms with Crippen LogP contribution in [0, 0.1) is 0 Å². The summed E-state index contributed by atoms with van der Waals surface area (Å²) < 4.78 is 10.8. The van der Waals surface area contributed by atoms with Gasteiger partial charge in [0.2, 0.25) is 17.6 Å². The number of hydrogen-bond acceptors (Lipinski definition) is 8. The van der Waals surface area contributed by atoms with E-state index in [1.807, 2.05) is 6.07 Å². The molecule has 1 aromatic carbocycles. The van der Waals surface area contributed by atoms with Crippen LogP contribution in [0.25, 0.3) is 11.5 Å². The van der Waals surface area contributed by atoms with Crippen molar-refractivity contribution in [2.24, 2.45) is 0 Å². The third kappa shape index (κ3) is 5.48. The number of amides is 1.